The van der Waals surface area contributed by atoms with Crippen molar-refractivity contribution in [1.82, 2.24) is 19.5 Å². The summed E-state index contributed by atoms with van der Waals surface area (Å²) in [5, 5.41) is 5.29. The van der Waals surface area contributed by atoms with Gasteiger partial charge in [-0.05, 0) is 65.9 Å². The fraction of sp³-hybridized carbons (Fsp3) is 0.0816. The Balaban J connectivity index is 1.09. The largest absolute Gasteiger partial charge is 0.309 e. The molecule has 0 saturated carbocycles. The highest BCUT2D eigenvalue weighted by Crippen LogP contribution is 2.44. The van der Waals surface area contributed by atoms with Crippen LogP contribution in [0.1, 0.15) is 25.3 Å². The minimum Gasteiger partial charge on any atom is -0.309 e. The van der Waals surface area contributed by atoms with Crippen molar-refractivity contribution in [1.29, 1.82) is 0 Å². The molecule has 4 nitrogen and oxygen atoms in total. The Morgan fingerprint density at radius 2 is 1.09 bits per heavy atom. The van der Waals surface area contributed by atoms with Crippen LogP contribution in [0.4, 0.5) is 0 Å². The van der Waals surface area contributed by atoms with Gasteiger partial charge in [-0.2, -0.15) is 0 Å². The quantitative estimate of drug-likeness (QED) is 0.158. The molecule has 0 spiro atoms. The SMILES string of the molecule is CCCCc1ccc2c(c1)sc1c2ccc2c1c1ccccc1n2-c1cccc(-c2cccc(-c3nc(-c4ccccc4)nc(-c4ccccc4)n3)c2)c1. The van der Waals surface area contributed by atoms with Crippen molar-refractivity contribution in [2.24, 2.45) is 0 Å². The summed E-state index contributed by atoms with van der Waals surface area (Å²) in [4.78, 5) is 14.9. The van der Waals surface area contributed by atoms with Gasteiger partial charge in [-0.15, -0.1) is 11.3 Å². The van der Waals surface area contributed by atoms with Crippen molar-refractivity contribution in [3.05, 3.63) is 169 Å². The maximum absolute atomic E-state index is 4.99. The van der Waals surface area contributed by atoms with Crippen LogP contribution < -0.4 is 0 Å². The molecular formula is C49H36N4S. The van der Waals surface area contributed by atoms with E-state index in [4.69, 9.17) is 15.0 Å². The van der Waals surface area contributed by atoms with Crippen LogP contribution in [0.3, 0.4) is 0 Å². The van der Waals surface area contributed by atoms with Crippen molar-refractivity contribution < 1.29 is 0 Å². The topological polar surface area (TPSA) is 43.6 Å². The highest BCUT2D eigenvalue weighted by atomic mass is 32.1. The molecule has 0 fully saturated rings. The van der Waals surface area contributed by atoms with Crippen molar-refractivity contribution in [2.75, 3.05) is 0 Å². The number of hydrogen-bond donors (Lipinski definition) is 0. The molecule has 54 heavy (non-hydrogen) atoms. The number of aryl methyl sites for hydroxylation is 1. The molecule has 0 saturated heterocycles. The lowest BCUT2D eigenvalue weighted by Gasteiger charge is -2.12. The minimum atomic E-state index is 0.646. The molecule has 0 aliphatic heterocycles. The van der Waals surface area contributed by atoms with Gasteiger partial charge in [-0.1, -0.05) is 141 Å². The molecule has 258 valence electrons. The van der Waals surface area contributed by atoms with Crippen LogP contribution in [0.2, 0.25) is 0 Å². The molecule has 0 radical (unpaired) electrons. The second kappa shape index (κ2) is 13.5. The summed E-state index contributed by atoms with van der Waals surface area (Å²) < 4.78 is 5.16. The number of rotatable bonds is 8. The van der Waals surface area contributed by atoms with Crippen LogP contribution in [0.15, 0.2) is 164 Å². The van der Waals surface area contributed by atoms with Crippen molar-refractivity contribution >= 4 is 53.3 Å². The first-order chi connectivity index (χ1) is 26.7. The van der Waals surface area contributed by atoms with E-state index in [-0.39, 0.29) is 0 Å². The van der Waals surface area contributed by atoms with Gasteiger partial charge >= 0.3 is 0 Å². The Hall–Kier alpha value is -6.43. The predicted molar refractivity (Wildman–Crippen MR) is 227 cm³/mol. The van der Waals surface area contributed by atoms with Gasteiger partial charge < -0.3 is 4.57 Å². The van der Waals surface area contributed by atoms with Crippen molar-refractivity contribution in [3.8, 4) is 51.0 Å². The maximum atomic E-state index is 4.99. The highest BCUT2D eigenvalue weighted by Gasteiger charge is 2.18. The number of para-hydroxylation sites is 1. The number of fused-ring (bicyclic) bond motifs is 7. The summed E-state index contributed by atoms with van der Waals surface area (Å²) in [5.74, 6) is 1.96. The first kappa shape index (κ1) is 32.2. The van der Waals surface area contributed by atoms with Crippen molar-refractivity contribution in [3.63, 3.8) is 0 Å². The van der Waals surface area contributed by atoms with E-state index >= 15 is 0 Å². The predicted octanol–water partition coefficient (Wildman–Crippen LogP) is 13.3. The molecule has 10 rings (SSSR count). The third-order valence-electron chi connectivity index (χ3n) is 10.4. The Morgan fingerprint density at radius 3 is 1.83 bits per heavy atom. The zero-order chi connectivity index (χ0) is 36.0. The van der Waals surface area contributed by atoms with Crippen LogP contribution in [0.25, 0.3) is 93.0 Å². The lowest BCUT2D eigenvalue weighted by atomic mass is 10.0. The standard InChI is InChI=1S/C49H36N4S/c1-2-3-14-32-25-26-39-40-27-28-43-45(46(40)54-44(39)29-32)41-23-10-11-24-42(41)53(43)38-22-13-20-36(31-38)35-19-12-21-37(30-35)49-51-47(33-15-6-4-7-16-33)50-48(52-49)34-17-8-5-9-18-34/h4-13,15-31H,2-3,14H2,1H3. The first-order valence-electron chi connectivity index (χ1n) is 18.7. The maximum Gasteiger partial charge on any atom is 0.164 e. The minimum absolute atomic E-state index is 0.646. The Kier molecular flexibility index (Phi) is 8.07. The van der Waals surface area contributed by atoms with Gasteiger partial charge in [0, 0.05) is 53.3 Å². The Morgan fingerprint density at radius 1 is 0.481 bits per heavy atom. The summed E-state index contributed by atoms with van der Waals surface area (Å²) >= 11 is 1.93. The summed E-state index contributed by atoms with van der Waals surface area (Å²) in [5.41, 5.74) is 10.1. The molecule has 7 aromatic carbocycles. The average Bonchev–Trinajstić information content (AvgIpc) is 3.79. The molecule has 0 aliphatic carbocycles. The van der Waals surface area contributed by atoms with Gasteiger partial charge in [0.05, 0.1) is 11.0 Å². The second-order valence-corrected chi connectivity index (χ2v) is 14.9. The van der Waals surface area contributed by atoms with E-state index < -0.39 is 0 Å². The van der Waals surface area contributed by atoms with Gasteiger partial charge in [-0.25, -0.2) is 15.0 Å². The second-order valence-electron chi connectivity index (χ2n) is 13.9. The average molecular weight is 713 g/mol. The monoisotopic (exact) mass is 712 g/mol. The number of hydrogen-bond acceptors (Lipinski definition) is 4. The molecule has 0 unspecified atom stereocenters. The molecule has 3 heterocycles. The van der Waals surface area contributed by atoms with Crippen molar-refractivity contribution in [2.45, 2.75) is 26.2 Å². The summed E-state index contributed by atoms with van der Waals surface area (Å²) in [6.45, 7) is 2.26. The van der Waals surface area contributed by atoms with E-state index in [1.807, 2.05) is 72.0 Å². The van der Waals surface area contributed by atoms with E-state index in [1.165, 1.54) is 60.4 Å². The lowest BCUT2D eigenvalue weighted by molar-refractivity contribution is 0.796. The first-order valence-corrected chi connectivity index (χ1v) is 19.5. The zero-order valence-corrected chi connectivity index (χ0v) is 30.7. The van der Waals surface area contributed by atoms with Crippen LogP contribution in [0.5, 0.6) is 0 Å². The van der Waals surface area contributed by atoms with Gasteiger partial charge in [0.15, 0.2) is 17.5 Å². The number of unbranched alkanes of at least 4 members (excludes halogenated alkanes) is 1. The summed E-state index contributed by atoms with van der Waals surface area (Å²) in [6, 6.07) is 58.2. The highest BCUT2D eigenvalue weighted by molar-refractivity contribution is 7.26. The number of thiophene rings is 1. The van der Waals surface area contributed by atoms with Crippen LogP contribution in [0, 0.1) is 0 Å². The molecule has 0 aliphatic rings. The van der Waals surface area contributed by atoms with Gasteiger partial charge in [0.1, 0.15) is 0 Å². The molecule has 3 aromatic heterocycles. The van der Waals surface area contributed by atoms with Crippen LogP contribution in [-0.2, 0) is 6.42 Å². The third kappa shape index (κ3) is 5.65. The third-order valence-corrected chi connectivity index (χ3v) is 11.6. The zero-order valence-electron chi connectivity index (χ0n) is 29.9. The number of aromatic nitrogens is 4. The summed E-state index contributed by atoms with van der Waals surface area (Å²) in [7, 11) is 0. The Bertz CT molecular complexity index is 2920. The van der Waals surface area contributed by atoms with Crippen LogP contribution >= 0.6 is 11.3 Å². The van der Waals surface area contributed by atoms with E-state index in [0.29, 0.717) is 17.5 Å². The molecule has 0 amide bonds. The number of nitrogens with zero attached hydrogens (tertiary/aromatic N) is 4. The van der Waals surface area contributed by atoms with E-state index in [0.717, 1.165) is 39.9 Å². The molecule has 10 aromatic rings. The molecule has 0 atom stereocenters. The van der Waals surface area contributed by atoms with E-state index in [1.54, 1.807) is 0 Å². The summed E-state index contributed by atoms with van der Waals surface area (Å²) in [6.07, 6.45) is 3.56. The van der Waals surface area contributed by atoms with Gasteiger partial charge in [0.25, 0.3) is 0 Å². The molecule has 0 N–H and O–H groups in total. The fourth-order valence-corrected chi connectivity index (χ4v) is 9.07. The number of benzene rings is 7. The lowest BCUT2D eigenvalue weighted by Crippen LogP contribution is -2.00. The normalized spacial score (nSPS) is 11.6. The Labute approximate surface area is 318 Å². The smallest absolute Gasteiger partial charge is 0.164 e. The van der Waals surface area contributed by atoms with E-state index in [9.17, 15) is 0 Å². The van der Waals surface area contributed by atoms with Crippen LogP contribution in [-0.4, -0.2) is 19.5 Å². The van der Waals surface area contributed by atoms with Gasteiger partial charge in [0.2, 0.25) is 0 Å². The van der Waals surface area contributed by atoms with Gasteiger partial charge in [-0.3, -0.25) is 0 Å². The molecule has 0 bridgehead atoms. The molecular weight excluding hydrogens is 677 g/mol. The van der Waals surface area contributed by atoms with E-state index in [2.05, 4.69) is 115 Å². The fourth-order valence-electron chi connectivity index (χ4n) is 7.75. The molecule has 5 heteroatoms.